The molecule has 4 rings (SSSR count). The first kappa shape index (κ1) is 15.3. The van der Waals surface area contributed by atoms with Crippen molar-refractivity contribution in [1.29, 1.82) is 0 Å². The van der Waals surface area contributed by atoms with Crippen LogP contribution in [0.15, 0.2) is 24.5 Å². The SMILES string of the molecule is CC(C)OC(=O)c1cnc(Cl)nc1N1CC2(CC2)c2ncccc21. The highest BCUT2D eigenvalue weighted by atomic mass is 35.5. The number of anilines is 2. The number of pyridine rings is 1. The van der Waals surface area contributed by atoms with Gasteiger partial charge in [0.15, 0.2) is 5.82 Å². The number of carbonyl (C=O) groups excluding carboxylic acids is 1. The van der Waals surface area contributed by atoms with Gasteiger partial charge in [0, 0.05) is 24.4 Å². The van der Waals surface area contributed by atoms with Crippen LogP contribution < -0.4 is 4.90 Å². The van der Waals surface area contributed by atoms with Crippen LogP contribution in [0.1, 0.15) is 42.7 Å². The Bertz CT molecular complexity index is 820. The molecule has 1 aliphatic heterocycles. The van der Waals surface area contributed by atoms with Crippen LogP contribution in [0, 0.1) is 0 Å². The summed E-state index contributed by atoms with van der Waals surface area (Å²) in [7, 11) is 0. The molecule has 24 heavy (non-hydrogen) atoms. The number of halogens is 1. The molecule has 2 aromatic heterocycles. The molecular weight excluding hydrogens is 328 g/mol. The van der Waals surface area contributed by atoms with Gasteiger partial charge in [0.05, 0.1) is 17.5 Å². The Balaban J connectivity index is 1.80. The quantitative estimate of drug-likeness (QED) is 0.628. The highest BCUT2D eigenvalue weighted by Crippen LogP contribution is 2.57. The van der Waals surface area contributed by atoms with E-state index in [0.29, 0.717) is 11.4 Å². The van der Waals surface area contributed by atoms with Crippen molar-refractivity contribution in [3.8, 4) is 0 Å². The van der Waals surface area contributed by atoms with Crippen LogP contribution in [0.25, 0.3) is 0 Å². The zero-order chi connectivity index (χ0) is 16.9. The van der Waals surface area contributed by atoms with Gasteiger partial charge < -0.3 is 9.64 Å². The molecule has 6 nitrogen and oxygen atoms in total. The summed E-state index contributed by atoms with van der Waals surface area (Å²) in [5.74, 6) is 0.0394. The number of hydrogen-bond donors (Lipinski definition) is 0. The van der Waals surface area contributed by atoms with Crippen LogP contribution in [-0.2, 0) is 10.2 Å². The van der Waals surface area contributed by atoms with E-state index in [9.17, 15) is 4.79 Å². The molecule has 7 heteroatoms. The second-order valence-electron chi connectivity index (χ2n) is 6.57. The molecule has 2 aromatic rings. The standard InChI is InChI=1S/C17H17ClN4O2/c1-10(2)24-15(23)11-8-20-16(18)21-14(11)22-9-17(5-6-17)13-12(22)4-3-7-19-13/h3-4,7-8,10H,5-6,9H2,1-2H3. The van der Waals surface area contributed by atoms with E-state index in [1.54, 1.807) is 0 Å². The first-order chi connectivity index (χ1) is 11.5. The minimum Gasteiger partial charge on any atom is -0.459 e. The van der Waals surface area contributed by atoms with Gasteiger partial charge in [-0.15, -0.1) is 0 Å². The summed E-state index contributed by atoms with van der Waals surface area (Å²) in [6.07, 6.45) is 5.21. The molecule has 0 bridgehead atoms. The van der Waals surface area contributed by atoms with Crippen LogP contribution in [0.5, 0.6) is 0 Å². The second-order valence-corrected chi connectivity index (χ2v) is 6.91. The minimum atomic E-state index is -0.446. The highest BCUT2D eigenvalue weighted by Gasteiger charge is 2.54. The average Bonchev–Trinajstić information content (AvgIpc) is 3.24. The van der Waals surface area contributed by atoms with Gasteiger partial charge in [0.2, 0.25) is 5.28 Å². The lowest BCUT2D eigenvalue weighted by molar-refractivity contribution is 0.0378. The van der Waals surface area contributed by atoms with E-state index in [-0.39, 0.29) is 16.8 Å². The molecule has 3 heterocycles. The summed E-state index contributed by atoms with van der Waals surface area (Å²) >= 11 is 6.00. The Morgan fingerprint density at radius 1 is 1.38 bits per heavy atom. The van der Waals surface area contributed by atoms with Crippen LogP contribution in [0.4, 0.5) is 11.5 Å². The Kier molecular flexibility index (Phi) is 3.46. The summed E-state index contributed by atoms with van der Waals surface area (Å²) in [4.78, 5) is 27.3. The van der Waals surface area contributed by atoms with E-state index in [4.69, 9.17) is 16.3 Å². The van der Waals surface area contributed by atoms with Crippen molar-refractivity contribution in [2.75, 3.05) is 11.4 Å². The van der Waals surface area contributed by atoms with Crippen LogP contribution in [-0.4, -0.2) is 33.6 Å². The van der Waals surface area contributed by atoms with Crippen molar-refractivity contribution in [3.63, 3.8) is 0 Å². The summed E-state index contributed by atoms with van der Waals surface area (Å²) in [6, 6.07) is 3.89. The number of ether oxygens (including phenoxy) is 1. The summed E-state index contributed by atoms with van der Waals surface area (Å²) in [5.41, 5.74) is 2.44. The molecular formula is C17H17ClN4O2. The minimum absolute atomic E-state index is 0.0766. The third-order valence-corrected chi connectivity index (χ3v) is 4.63. The third-order valence-electron chi connectivity index (χ3n) is 4.45. The molecule has 1 spiro atoms. The number of hydrogen-bond acceptors (Lipinski definition) is 6. The Morgan fingerprint density at radius 2 is 2.17 bits per heavy atom. The van der Waals surface area contributed by atoms with E-state index >= 15 is 0 Å². The van der Waals surface area contributed by atoms with Crippen molar-refractivity contribution in [3.05, 3.63) is 41.1 Å². The van der Waals surface area contributed by atoms with Gasteiger partial charge in [-0.05, 0) is 50.4 Å². The fourth-order valence-electron chi connectivity index (χ4n) is 3.20. The molecule has 1 saturated carbocycles. The number of nitrogens with zero attached hydrogens (tertiary/aromatic N) is 4. The van der Waals surface area contributed by atoms with E-state index in [2.05, 4.69) is 15.0 Å². The van der Waals surface area contributed by atoms with Crippen LogP contribution in [0.3, 0.4) is 0 Å². The molecule has 0 amide bonds. The number of rotatable bonds is 3. The number of fused-ring (bicyclic) bond motifs is 2. The highest BCUT2D eigenvalue weighted by molar-refractivity contribution is 6.28. The van der Waals surface area contributed by atoms with Crippen molar-refractivity contribution in [2.24, 2.45) is 0 Å². The van der Waals surface area contributed by atoms with E-state index in [0.717, 1.165) is 30.8 Å². The fraction of sp³-hybridized carbons (Fsp3) is 0.412. The summed E-state index contributed by atoms with van der Waals surface area (Å²) in [5, 5.41) is 0.105. The number of esters is 1. The second kappa shape index (κ2) is 5.41. The van der Waals surface area contributed by atoms with Crippen LogP contribution >= 0.6 is 11.6 Å². The third kappa shape index (κ3) is 2.41. The van der Waals surface area contributed by atoms with Gasteiger partial charge >= 0.3 is 5.97 Å². The zero-order valence-corrected chi connectivity index (χ0v) is 14.2. The topological polar surface area (TPSA) is 68.2 Å². The predicted octanol–water partition coefficient (Wildman–Crippen LogP) is 3.27. The van der Waals surface area contributed by atoms with Gasteiger partial charge in [-0.2, -0.15) is 4.98 Å². The first-order valence-corrected chi connectivity index (χ1v) is 8.34. The number of aromatic nitrogens is 3. The lowest BCUT2D eigenvalue weighted by atomic mass is 10.1. The van der Waals surface area contributed by atoms with Crippen molar-refractivity contribution < 1.29 is 9.53 Å². The normalized spacial score (nSPS) is 17.2. The molecule has 0 saturated heterocycles. The molecule has 1 fully saturated rings. The lowest BCUT2D eigenvalue weighted by Gasteiger charge is -2.21. The molecule has 0 N–H and O–H groups in total. The molecule has 0 atom stereocenters. The van der Waals surface area contributed by atoms with Crippen LogP contribution in [0.2, 0.25) is 5.28 Å². The van der Waals surface area contributed by atoms with E-state index < -0.39 is 5.97 Å². The van der Waals surface area contributed by atoms with Gasteiger partial charge in [0.25, 0.3) is 0 Å². The largest absolute Gasteiger partial charge is 0.459 e. The fourth-order valence-corrected chi connectivity index (χ4v) is 3.33. The first-order valence-electron chi connectivity index (χ1n) is 7.97. The van der Waals surface area contributed by atoms with Crippen molar-refractivity contribution in [2.45, 2.75) is 38.2 Å². The Morgan fingerprint density at radius 3 is 2.88 bits per heavy atom. The lowest BCUT2D eigenvalue weighted by Crippen LogP contribution is -2.24. The predicted molar refractivity (Wildman–Crippen MR) is 89.7 cm³/mol. The van der Waals surface area contributed by atoms with Gasteiger partial charge in [0.1, 0.15) is 5.56 Å². The van der Waals surface area contributed by atoms with Gasteiger partial charge in [-0.25, -0.2) is 9.78 Å². The maximum Gasteiger partial charge on any atom is 0.343 e. The molecule has 0 aromatic carbocycles. The van der Waals surface area contributed by atoms with Gasteiger partial charge in [-0.1, -0.05) is 0 Å². The molecule has 1 aliphatic carbocycles. The summed E-state index contributed by atoms with van der Waals surface area (Å²) < 4.78 is 5.33. The summed E-state index contributed by atoms with van der Waals surface area (Å²) in [6.45, 7) is 4.36. The maximum absolute atomic E-state index is 12.4. The molecule has 124 valence electrons. The van der Waals surface area contributed by atoms with E-state index in [1.165, 1.54) is 6.20 Å². The zero-order valence-electron chi connectivity index (χ0n) is 13.5. The molecule has 0 radical (unpaired) electrons. The smallest absolute Gasteiger partial charge is 0.343 e. The van der Waals surface area contributed by atoms with Gasteiger partial charge in [-0.3, -0.25) is 4.98 Å². The monoisotopic (exact) mass is 344 g/mol. The van der Waals surface area contributed by atoms with Crippen molar-refractivity contribution >= 4 is 29.1 Å². The van der Waals surface area contributed by atoms with E-state index in [1.807, 2.05) is 37.1 Å². The Labute approximate surface area is 144 Å². The van der Waals surface area contributed by atoms with Crippen molar-refractivity contribution in [1.82, 2.24) is 15.0 Å². The molecule has 2 aliphatic rings. The number of carbonyl (C=O) groups is 1. The molecule has 0 unspecified atom stereocenters. The Hall–Kier alpha value is -2.21. The average molecular weight is 345 g/mol. The maximum atomic E-state index is 12.4.